The zero-order valence-corrected chi connectivity index (χ0v) is 22.1. The van der Waals surface area contributed by atoms with Crippen LogP contribution in [-0.2, 0) is 11.2 Å². The molecule has 0 radical (unpaired) electrons. The van der Waals surface area contributed by atoms with E-state index in [-0.39, 0.29) is 12.3 Å². The fourth-order valence-corrected chi connectivity index (χ4v) is 4.19. The summed E-state index contributed by atoms with van der Waals surface area (Å²) in [6.45, 7) is 2.52. The Morgan fingerprint density at radius 1 is 0.800 bits per heavy atom. The number of rotatable bonds is 11. The van der Waals surface area contributed by atoms with Crippen molar-refractivity contribution in [3.05, 3.63) is 75.8 Å². The average Bonchev–Trinajstić information content (AvgIpc) is 2.88. The lowest BCUT2D eigenvalue weighted by molar-refractivity contribution is -0.120. The van der Waals surface area contributed by atoms with Gasteiger partial charge in [-0.15, -0.1) is 0 Å². The molecule has 0 aliphatic heterocycles. The second kappa shape index (κ2) is 12.4. The standard InChI is InChI=1S/C27H30BrNO6/c1-6-35-20-10-7-17(8-11-20)27(18-9-12-22(31-2)23(13-18)32-3)29-26(30)15-19-14-24(33-4)25(34-5)16-21(19)28/h7-14,16,27H,6,15H2,1-5H3,(H,29,30). The molecule has 3 rings (SSSR count). The normalized spacial score (nSPS) is 11.4. The molecule has 0 aromatic heterocycles. The second-order valence-electron chi connectivity index (χ2n) is 7.59. The highest BCUT2D eigenvalue weighted by molar-refractivity contribution is 9.10. The highest BCUT2D eigenvalue weighted by atomic mass is 79.9. The number of hydrogen-bond donors (Lipinski definition) is 1. The highest BCUT2D eigenvalue weighted by Gasteiger charge is 2.21. The third-order valence-electron chi connectivity index (χ3n) is 5.47. The molecule has 3 aromatic carbocycles. The third kappa shape index (κ3) is 6.39. The minimum absolute atomic E-state index is 0.141. The summed E-state index contributed by atoms with van der Waals surface area (Å²) in [6.07, 6.45) is 0.141. The van der Waals surface area contributed by atoms with Crippen LogP contribution >= 0.6 is 15.9 Å². The number of ether oxygens (including phenoxy) is 5. The molecule has 1 atom stereocenters. The largest absolute Gasteiger partial charge is 0.494 e. The Morgan fingerprint density at radius 3 is 1.97 bits per heavy atom. The number of carbonyl (C=O) groups excluding carboxylic acids is 1. The SMILES string of the molecule is CCOc1ccc(C(NC(=O)Cc2cc(OC)c(OC)cc2Br)c2ccc(OC)c(OC)c2)cc1. The lowest BCUT2D eigenvalue weighted by Gasteiger charge is -2.22. The van der Waals surface area contributed by atoms with Gasteiger partial charge in [0.05, 0.1) is 47.5 Å². The number of amides is 1. The fourth-order valence-electron chi connectivity index (χ4n) is 3.73. The molecule has 0 fully saturated rings. The highest BCUT2D eigenvalue weighted by Crippen LogP contribution is 2.35. The minimum atomic E-state index is -0.420. The number of hydrogen-bond acceptors (Lipinski definition) is 6. The van der Waals surface area contributed by atoms with Crippen LogP contribution in [-0.4, -0.2) is 41.0 Å². The zero-order valence-electron chi connectivity index (χ0n) is 20.5. The van der Waals surface area contributed by atoms with Gasteiger partial charge in [0, 0.05) is 4.47 Å². The lowest BCUT2D eigenvalue weighted by Crippen LogP contribution is -2.30. The molecule has 0 saturated carbocycles. The summed E-state index contributed by atoms with van der Waals surface area (Å²) in [5, 5.41) is 3.16. The first-order chi connectivity index (χ1) is 16.9. The van der Waals surface area contributed by atoms with Gasteiger partial charge in [0.25, 0.3) is 0 Å². The summed E-state index contributed by atoms with van der Waals surface area (Å²) in [6, 6.07) is 16.4. The van der Waals surface area contributed by atoms with E-state index >= 15 is 0 Å². The van der Waals surface area contributed by atoms with Crippen LogP contribution in [0, 0.1) is 0 Å². The number of nitrogens with one attached hydrogen (secondary N) is 1. The minimum Gasteiger partial charge on any atom is -0.494 e. The van der Waals surface area contributed by atoms with E-state index in [0.29, 0.717) is 29.6 Å². The molecule has 1 N–H and O–H groups in total. The number of carbonyl (C=O) groups is 1. The van der Waals surface area contributed by atoms with Crippen LogP contribution in [0.15, 0.2) is 59.1 Å². The first-order valence-electron chi connectivity index (χ1n) is 11.1. The van der Waals surface area contributed by atoms with E-state index in [1.54, 1.807) is 40.6 Å². The first kappa shape index (κ1) is 26.2. The van der Waals surface area contributed by atoms with Gasteiger partial charge in [0.1, 0.15) is 5.75 Å². The third-order valence-corrected chi connectivity index (χ3v) is 6.21. The van der Waals surface area contributed by atoms with Crippen LogP contribution in [0.25, 0.3) is 0 Å². The molecule has 0 spiro atoms. The van der Waals surface area contributed by atoms with Gasteiger partial charge in [-0.1, -0.05) is 34.1 Å². The van der Waals surface area contributed by atoms with Gasteiger partial charge < -0.3 is 29.0 Å². The fraction of sp³-hybridized carbons (Fsp3) is 0.296. The maximum Gasteiger partial charge on any atom is 0.225 e. The number of halogens is 1. The van der Waals surface area contributed by atoms with Gasteiger partial charge in [-0.25, -0.2) is 0 Å². The van der Waals surface area contributed by atoms with Crippen LogP contribution < -0.4 is 29.0 Å². The van der Waals surface area contributed by atoms with Gasteiger partial charge in [-0.2, -0.15) is 0 Å². The molecule has 8 heteroatoms. The van der Waals surface area contributed by atoms with Gasteiger partial charge in [0.15, 0.2) is 23.0 Å². The molecule has 0 aliphatic carbocycles. The van der Waals surface area contributed by atoms with Crippen molar-refractivity contribution < 1.29 is 28.5 Å². The van der Waals surface area contributed by atoms with E-state index in [1.807, 2.05) is 49.4 Å². The number of benzene rings is 3. The summed E-state index contributed by atoms with van der Waals surface area (Å²) >= 11 is 3.53. The molecule has 0 heterocycles. The van der Waals surface area contributed by atoms with Crippen molar-refractivity contribution in [2.45, 2.75) is 19.4 Å². The lowest BCUT2D eigenvalue weighted by atomic mass is 9.97. The predicted molar refractivity (Wildman–Crippen MR) is 138 cm³/mol. The Bertz CT molecular complexity index is 1150. The second-order valence-corrected chi connectivity index (χ2v) is 8.45. The Labute approximate surface area is 214 Å². The van der Waals surface area contributed by atoms with Gasteiger partial charge >= 0.3 is 0 Å². The quantitative estimate of drug-likeness (QED) is 0.352. The van der Waals surface area contributed by atoms with Gasteiger partial charge in [-0.3, -0.25) is 4.79 Å². The molecule has 35 heavy (non-hydrogen) atoms. The van der Waals surface area contributed by atoms with Crippen LogP contribution in [0.3, 0.4) is 0 Å². The summed E-state index contributed by atoms with van der Waals surface area (Å²) in [5.41, 5.74) is 2.53. The Balaban J connectivity index is 1.93. The molecule has 3 aromatic rings. The van der Waals surface area contributed by atoms with E-state index in [4.69, 9.17) is 23.7 Å². The zero-order chi connectivity index (χ0) is 25.4. The molecule has 7 nitrogen and oxygen atoms in total. The van der Waals surface area contributed by atoms with E-state index in [9.17, 15) is 4.79 Å². The van der Waals surface area contributed by atoms with Crippen LogP contribution in [0.1, 0.15) is 29.7 Å². The summed E-state index contributed by atoms with van der Waals surface area (Å²) in [4.78, 5) is 13.2. The molecule has 0 aliphatic rings. The smallest absolute Gasteiger partial charge is 0.225 e. The van der Waals surface area contributed by atoms with Crippen molar-refractivity contribution in [1.29, 1.82) is 0 Å². The summed E-state index contributed by atoms with van der Waals surface area (Å²) in [7, 11) is 6.31. The molecule has 0 bridgehead atoms. The molecule has 1 amide bonds. The van der Waals surface area contributed by atoms with Crippen molar-refractivity contribution in [2.75, 3.05) is 35.0 Å². The molecular formula is C27H30BrNO6. The van der Waals surface area contributed by atoms with Crippen LogP contribution in [0.5, 0.6) is 28.7 Å². The van der Waals surface area contributed by atoms with E-state index in [1.165, 1.54) is 0 Å². The van der Waals surface area contributed by atoms with Crippen molar-refractivity contribution in [2.24, 2.45) is 0 Å². The number of methoxy groups -OCH3 is 4. The average molecular weight is 544 g/mol. The van der Waals surface area contributed by atoms with E-state index < -0.39 is 6.04 Å². The van der Waals surface area contributed by atoms with Crippen molar-refractivity contribution in [1.82, 2.24) is 5.32 Å². The van der Waals surface area contributed by atoms with E-state index in [2.05, 4.69) is 21.2 Å². The Kier molecular flexibility index (Phi) is 9.25. The Hall–Kier alpha value is -3.39. The van der Waals surface area contributed by atoms with Crippen molar-refractivity contribution in [3.63, 3.8) is 0 Å². The van der Waals surface area contributed by atoms with Gasteiger partial charge in [-0.05, 0) is 60.0 Å². The Morgan fingerprint density at radius 2 is 1.37 bits per heavy atom. The topological polar surface area (TPSA) is 75.3 Å². The van der Waals surface area contributed by atoms with Crippen molar-refractivity contribution >= 4 is 21.8 Å². The first-order valence-corrected chi connectivity index (χ1v) is 11.9. The summed E-state index contributed by atoms with van der Waals surface area (Å²) < 4.78 is 27.9. The predicted octanol–water partition coefficient (Wildman–Crippen LogP) is 5.33. The summed E-state index contributed by atoms with van der Waals surface area (Å²) in [5.74, 6) is 2.94. The van der Waals surface area contributed by atoms with Crippen LogP contribution in [0.2, 0.25) is 0 Å². The monoisotopic (exact) mass is 543 g/mol. The molecular weight excluding hydrogens is 514 g/mol. The maximum atomic E-state index is 13.2. The molecule has 1 unspecified atom stereocenters. The maximum absolute atomic E-state index is 13.2. The van der Waals surface area contributed by atoms with Crippen LogP contribution in [0.4, 0.5) is 0 Å². The molecule has 186 valence electrons. The van der Waals surface area contributed by atoms with E-state index in [0.717, 1.165) is 26.9 Å². The van der Waals surface area contributed by atoms with Gasteiger partial charge in [0.2, 0.25) is 5.91 Å². The molecule has 0 saturated heterocycles. The van der Waals surface area contributed by atoms with Crippen molar-refractivity contribution in [3.8, 4) is 28.7 Å².